The van der Waals surface area contributed by atoms with E-state index in [4.69, 9.17) is 9.47 Å². The summed E-state index contributed by atoms with van der Waals surface area (Å²) in [5.41, 5.74) is 3.94. The number of halogens is 2. The summed E-state index contributed by atoms with van der Waals surface area (Å²) in [7, 11) is 1.21. The lowest BCUT2D eigenvalue weighted by atomic mass is 10.0. The number of benzene rings is 3. The molecular weight excluding hydrogens is 580 g/mol. The van der Waals surface area contributed by atoms with Crippen molar-refractivity contribution in [1.29, 1.82) is 0 Å². The van der Waals surface area contributed by atoms with Crippen LogP contribution in [0.2, 0.25) is 0 Å². The summed E-state index contributed by atoms with van der Waals surface area (Å²) < 4.78 is 38.5. The van der Waals surface area contributed by atoms with Crippen LogP contribution in [0.3, 0.4) is 0 Å². The Morgan fingerprint density at radius 1 is 0.911 bits per heavy atom. The van der Waals surface area contributed by atoms with E-state index in [1.54, 1.807) is 13.0 Å². The lowest BCUT2D eigenvalue weighted by molar-refractivity contribution is -0.150. The number of aryl methyl sites for hydroxylation is 2. The van der Waals surface area contributed by atoms with Crippen molar-refractivity contribution >= 4 is 29.3 Å². The third kappa shape index (κ3) is 8.88. The molecule has 4 rings (SSSR count). The van der Waals surface area contributed by atoms with Crippen molar-refractivity contribution in [3.63, 3.8) is 0 Å². The molecule has 0 spiro atoms. The fourth-order valence-electron chi connectivity index (χ4n) is 5.33. The van der Waals surface area contributed by atoms with Crippen LogP contribution in [0.15, 0.2) is 48.5 Å². The molecule has 0 radical (unpaired) electrons. The number of amides is 3. The van der Waals surface area contributed by atoms with Gasteiger partial charge in [0.1, 0.15) is 0 Å². The average molecular weight is 622 g/mol. The molecule has 0 heterocycles. The topological polar surface area (TPSA) is 106 Å². The van der Waals surface area contributed by atoms with Crippen molar-refractivity contribution in [3.8, 4) is 11.1 Å². The molecule has 240 valence electrons. The number of hydrogen-bond acceptors (Lipinski definition) is 5. The first kappa shape index (κ1) is 33.6. The van der Waals surface area contributed by atoms with Gasteiger partial charge in [-0.05, 0) is 119 Å². The molecule has 45 heavy (non-hydrogen) atoms. The molecule has 1 aliphatic rings. The van der Waals surface area contributed by atoms with Gasteiger partial charge in [-0.2, -0.15) is 0 Å². The monoisotopic (exact) mass is 621 g/mol. The normalized spacial score (nSPS) is 14.3. The molecule has 10 heteroatoms. The summed E-state index contributed by atoms with van der Waals surface area (Å²) in [6.45, 7) is 11.0. The number of ether oxygens (including phenoxy) is 2. The second kappa shape index (κ2) is 13.8. The number of rotatable bonds is 10. The van der Waals surface area contributed by atoms with Crippen LogP contribution in [0.25, 0.3) is 11.1 Å². The van der Waals surface area contributed by atoms with E-state index in [0.29, 0.717) is 16.8 Å². The Labute approximate surface area is 262 Å². The third-order valence-corrected chi connectivity index (χ3v) is 7.57. The quantitative estimate of drug-likeness (QED) is 0.206. The highest BCUT2D eigenvalue weighted by Gasteiger charge is 2.32. The summed E-state index contributed by atoms with van der Waals surface area (Å²) in [6.07, 6.45) is 2.73. The highest BCUT2D eigenvalue weighted by molar-refractivity contribution is 6.08. The second-order valence-corrected chi connectivity index (χ2v) is 12.6. The third-order valence-electron chi connectivity index (χ3n) is 7.57. The van der Waals surface area contributed by atoms with Crippen LogP contribution >= 0.6 is 0 Å². The number of nitrogens with one attached hydrogen (secondary N) is 3. The van der Waals surface area contributed by atoms with Gasteiger partial charge in [-0.25, -0.2) is 18.4 Å². The Hall–Kier alpha value is -4.31. The highest BCUT2D eigenvalue weighted by Crippen LogP contribution is 2.34. The zero-order chi connectivity index (χ0) is 33.1. The molecule has 3 N–H and O–H groups in total. The second-order valence-electron chi connectivity index (χ2n) is 12.6. The van der Waals surface area contributed by atoms with Gasteiger partial charge >= 0.3 is 12.0 Å². The minimum Gasteiger partial charge on any atom is -0.467 e. The van der Waals surface area contributed by atoms with Gasteiger partial charge in [-0.15, -0.1) is 0 Å². The van der Waals surface area contributed by atoms with Crippen molar-refractivity contribution in [2.24, 2.45) is 5.92 Å². The van der Waals surface area contributed by atoms with Gasteiger partial charge in [-0.1, -0.05) is 24.3 Å². The molecule has 3 aromatic rings. The van der Waals surface area contributed by atoms with E-state index in [0.717, 1.165) is 35.6 Å². The Balaban J connectivity index is 1.65. The van der Waals surface area contributed by atoms with Crippen LogP contribution in [-0.2, 0) is 20.7 Å². The Morgan fingerprint density at radius 3 is 2.11 bits per heavy atom. The van der Waals surface area contributed by atoms with E-state index >= 15 is 0 Å². The van der Waals surface area contributed by atoms with E-state index in [-0.39, 0.29) is 11.3 Å². The van der Waals surface area contributed by atoms with Gasteiger partial charge in [0.15, 0.2) is 17.7 Å². The minimum atomic E-state index is -1.16. The van der Waals surface area contributed by atoms with E-state index in [1.165, 1.54) is 43.7 Å². The lowest BCUT2D eigenvalue weighted by Gasteiger charge is -2.30. The number of methoxy groups -OCH3 is 1. The Kier molecular flexibility index (Phi) is 10.3. The summed E-state index contributed by atoms with van der Waals surface area (Å²) >= 11 is 0. The van der Waals surface area contributed by atoms with Gasteiger partial charge in [0.05, 0.1) is 30.1 Å². The molecule has 3 amide bonds. The van der Waals surface area contributed by atoms with Crippen LogP contribution in [0.4, 0.5) is 25.0 Å². The molecule has 0 saturated heterocycles. The zero-order valence-corrected chi connectivity index (χ0v) is 26.8. The predicted octanol–water partition coefficient (Wildman–Crippen LogP) is 7.32. The van der Waals surface area contributed by atoms with Crippen molar-refractivity contribution in [3.05, 3.63) is 82.4 Å². The van der Waals surface area contributed by atoms with Crippen molar-refractivity contribution in [2.75, 3.05) is 17.7 Å². The van der Waals surface area contributed by atoms with Crippen LogP contribution < -0.4 is 16.0 Å². The Morgan fingerprint density at radius 2 is 1.53 bits per heavy atom. The van der Waals surface area contributed by atoms with Gasteiger partial charge in [0.25, 0.3) is 5.91 Å². The standard InChI is InChI=1S/C35H41F2N3O5/c1-19-14-23(16-22-8-9-22)15-20(2)30(19)40-34(43)38-29-18-25(24-11-13-27(36)28(37)17-24)10-12-26(29)32(41)39-31(33(42)44-7)21(3)45-35(4,5)6/h10-15,17-18,21-22,31H,8-9,16H2,1-7H3,(H,39,41)(H2,38,40,43)/t21?,31-/m0/s1. The summed E-state index contributed by atoms with van der Waals surface area (Å²) in [5, 5.41) is 8.31. The fraction of sp³-hybridized carbons (Fsp3) is 0.400. The number of esters is 1. The zero-order valence-electron chi connectivity index (χ0n) is 26.8. The van der Waals surface area contributed by atoms with Crippen LogP contribution in [0, 0.1) is 31.4 Å². The number of carbonyl (C=O) groups excluding carboxylic acids is 3. The summed E-state index contributed by atoms with van der Waals surface area (Å²) in [4.78, 5) is 39.7. The predicted molar refractivity (Wildman–Crippen MR) is 170 cm³/mol. The molecule has 2 atom stereocenters. The molecule has 1 saturated carbocycles. The molecular formula is C35H41F2N3O5. The first-order chi connectivity index (χ1) is 21.1. The fourth-order valence-corrected chi connectivity index (χ4v) is 5.33. The van der Waals surface area contributed by atoms with Crippen LogP contribution in [0.1, 0.15) is 67.6 Å². The van der Waals surface area contributed by atoms with Crippen molar-refractivity contribution in [1.82, 2.24) is 5.32 Å². The maximum Gasteiger partial charge on any atom is 0.331 e. The average Bonchev–Trinajstić information content (AvgIpc) is 3.77. The maximum atomic E-state index is 14.1. The van der Waals surface area contributed by atoms with E-state index in [1.807, 2.05) is 34.6 Å². The van der Waals surface area contributed by atoms with Gasteiger partial charge in [0, 0.05) is 5.69 Å². The minimum absolute atomic E-state index is 0.0292. The summed E-state index contributed by atoms with van der Waals surface area (Å²) in [6, 6.07) is 10.3. The molecule has 3 aromatic carbocycles. The van der Waals surface area contributed by atoms with E-state index in [9.17, 15) is 23.2 Å². The largest absolute Gasteiger partial charge is 0.467 e. The van der Waals surface area contributed by atoms with Gasteiger partial charge in [0.2, 0.25) is 0 Å². The van der Waals surface area contributed by atoms with Gasteiger partial charge in [-0.3, -0.25) is 4.79 Å². The first-order valence-corrected chi connectivity index (χ1v) is 15.0. The molecule has 0 aromatic heterocycles. The highest BCUT2D eigenvalue weighted by atomic mass is 19.2. The molecule has 0 bridgehead atoms. The molecule has 8 nitrogen and oxygen atoms in total. The number of hydrogen-bond donors (Lipinski definition) is 3. The molecule has 0 aliphatic heterocycles. The van der Waals surface area contributed by atoms with Gasteiger partial charge < -0.3 is 25.4 Å². The number of anilines is 2. The van der Waals surface area contributed by atoms with Crippen molar-refractivity contribution in [2.45, 2.75) is 78.6 Å². The lowest BCUT2D eigenvalue weighted by Crippen LogP contribution is -2.51. The number of carbonyl (C=O) groups is 3. The van der Waals surface area contributed by atoms with Crippen LogP contribution in [-0.4, -0.2) is 42.8 Å². The van der Waals surface area contributed by atoms with Crippen LogP contribution in [0.5, 0.6) is 0 Å². The smallest absolute Gasteiger partial charge is 0.331 e. The SMILES string of the molecule is COC(=O)[C@@H](NC(=O)c1ccc(-c2ccc(F)c(F)c2)cc1NC(=O)Nc1c(C)cc(CC2CC2)cc1C)C(C)OC(C)(C)C. The molecule has 1 aliphatic carbocycles. The maximum absolute atomic E-state index is 14.1. The summed E-state index contributed by atoms with van der Waals surface area (Å²) in [5.74, 6) is -2.70. The first-order valence-electron chi connectivity index (χ1n) is 15.0. The van der Waals surface area contributed by atoms with Crippen molar-refractivity contribution < 1.29 is 32.6 Å². The van der Waals surface area contributed by atoms with E-state index < -0.39 is 47.3 Å². The number of urea groups is 1. The molecule has 1 fully saturated rings. The Bertz CT molecular complexity index is 1570. The van der Waals surface area contributed by atoms with E-state index in [2.05, 4.69) is 28.1 Å². The molecule has 1 unspecified atom stereocenters.